The lowest BCUT2D eigenvalue weighted by Crippen LogP contribution is -2.48. The first-order valence-corrected chi connectivity index (χ1v) is 12.6. The van der Waals surface area contributed by atoms with Crippen molar-refractivity contribution in [2.75, 3.05) is 57.5 Å². The summed E-state index contributed by atoms with van der Waals surface area (Å²) in [7, 11) is 0. The molecule has 1 fully saturated rings. The minimum absolute atomic E-state index is 0.165. The van der Waals surface area contributed by atoms with E-state index in [1.54, 1.807) is 0 Å². The Morgan fingerprint density at radius 3 is 2.49 bits per heavy atom. The van der Waals surface area contributed by atoms with Crippen LogP contribution in [0.15, 0.2) is 66.7 Å². The van der Waals surface area contributed by atoms with Gasteiger partial charge in [-0.1, -0.05) is 48.5 Å². The summed E-state index contributed by atoms with van der Waals surface area (Å²) >= 11 is 0. The maximum absolute atomic E-state index is 6.28. The molecule has 6 heteroatoms. The molecular weight excluding hydrogens is 440 g/mol. The lowest BCUT2D eigenvalue weighted by molar-refractivity contribution is -0.0268. The van der Waals surface area contributed by atoms with Gasteiger partial charge in [0.25, 0.3) is 0 Å². The summed E-state index contributed by atoms with van der Waals surface area (Å²) in [5.74, 6) is 2.51. The molecule has 0 saturated carbocycles. The van der Waals surface area contributed by atoms with Gasteiger partial charge in [0.15, 0.2) is 11.5 Å². The number of para-hydroxylation sites is 1. The molecule has 0 bridgehead atoms. The number of morpholine rings is 1. The van der Waals surface area contributed by atoms with Gasteiger partial charge in [-0.2, -0.15) is 0 Å². The fourth-order valence-electron chi connectivity index (χ4n) is 6.13. The molecular formula is C29H30N2O4. The van der Waals surface area contributed by atoms with E-state index in [1.807, 2.05) is 6.07 Å². The highest BCUT2D eigenvalue weighted by atomic mass is 16.6. The third-order valence-corrected chi connectivity index (χ3v) is 7.75. The van der Waals surface area contributed by atoms with E-state index in [0.29, 0.717) is 19.8 Å². The molecule has 0 aromatic heterocycles. The van der Waals surface area contributed by atoms with Crippen LogP contribution in [-0.4, -0.2) is 63.6 Å². The van der Waals surface area contributed by atoms with Crippen molar-refractivity contribution in [2.45, 2.75) is 18.1 Å². The number of rotatable bonds is 4. The van der Waals surface area contributed by atoms with Gasteiger partial charge in [-0.3, -0.25) is 4.90 Å². The van der Waals surface area contributed by atoms with Crippen molar-refractivity contribution in [3.8, 4) is 17.2 Å². The Kier molecular flexibility index (Phi) is 5.10. The van der Waals surface area contributed by atoms with Crippen LogP contribution in [0.1, 0.15) is 16.7 Å². The quantitative estimate of drug-likeness (QED) is 0.577. The van der Waals surface area contributed by atoms with Gasteiger partial charge in [0.1, 0.15) is 25.6 Å². The second-order valence-electron chi connectivity index (χ2n) is 9.97. The highest BCUT2D eigenvalue weighted by Gasteiger charge is 2.50. The lowest BCUT2D eigenvalue weighted by Gasteiger charge is -2.36. The molecule has 3 aromatic carbocycles. The molecule has 0 N–H and O–H groups in total. The fraction of sp³-hybridized carbons (Fsp3) is 0.379. The Balaban J connectivity index is 1.15. The first-order valence-electron chi connectivity index (χ1n) is 12.6. The first kappa shape index (κ1) is 21.1. The number of hydrogen-bond donors (Lipinski definition) is 0. The maximum Gasteiger partial charge on any atom is 0.165 e. The van der Waals surface area contributed by atoms with Crippen molar-refractivity contribution in [3.05, 3.63) is 83.4 Å². The zero-order valence-corrected chi connectivity index (χ0v) is 19.8. The number of benzene rings is 3. The van der Waals surface area contributed by atoms with E-state index in [-0.39, 0.29) is 11.5 Å². The van der Waals surface area contributed by atoms with Crippen LogP contribution in [0.4, 0.5) is 5.69 Å². The Labute approximate surface area is 206 Å². The maximum atomic E-state index is 6.28. The van der Waals surface area contributed by atoms with Crippen LogP contribution < -0.4 is 19.1 Å². The van der Waals surface area contributed by atoms with E-state index in [4.69, 9.17) is 18.9 Å². The van der Waals surface area contributed by atoms with Crippen LogP contribution in [-0.2, 0) is 16.7 Å². The minimum Gasteiger partial charge on any atom is -0.492 e. The van der Waals surface area contributed by atoms with Gasteiger partial charge >= 0.3 is 0 Å². The Hall–Kier alpha value is -3.22. The molecule has 0 aliphatic carbocycles. The van der Waals surface area contributed by atoms with Gasteiger partial charge in [-0.25, -0.2) is 0 Å². The Morgan fingerprint density at radius 2 is 1.60 bits per heavy atom. The molecule has 0 radical (unpaired) electrons. The molecule has 2 unspecified atom stereocenters. The Bertz CT molecular complexity index is 1230. The van der Waals surface area contributed by atoms with E-state index in [2.05, 4.69) is 70.5 Å². The molecule has 1 saturated heterocycles. The smallest absolute Gasteiger partial charge is 0.165 e. The fourth-order valence-corrected chi connectivity index (χ4v) is 6.13. The summed E-state index contributed by atoms with van der Waals surface area (Å²) in [6, 6.07) is 23.6. The number of anilines is 1. The third kappa shape index (κ3) is 3.63. The van der Waals surface area contributed by atoms with Crippen LogP contribution in [0, 0.1) is 0 Å². The third-order valence-electron chi connectivity index (χ3n) is 7.75. The highest BCUT2D eigenvalue weighted by Crippen LogP contribution is 2.54. The van der Waals surface area contributed by atoms with Gasteiger partial charge in [0.05, 0.1) is 18.1 Å². The van der Waals surface area contributed by atoms with Gasteiger partial charge < -0.3 is 23.8 Å². The van der Waals surface area contributed by atoms with Gasteiger partial charge in [0.2, 0.25) is 0 Å². The van der Waals surface area contributed by atoms with Crippen molar-refractivity contribution in [2.24, 2.45) is 0 Å². The van der Waals surface area contributed by atoms with Crippen molar-refractivity contribution >= 4 is 5.69 Å². The molecule has 2 atom stereocenters. The average molecular weight is 471 g/mol. The minimum atomic E-state index is -0.208. The van der Waals surface area contributed by atoms with Crippen molar-refractivity contribution in [1.29, 1.82) is 0 Å². The summed E-state index contributed by atoms with van der Waals surface area (Å²) in [4.78, 5) is 5.01. The van der Waals surface area contributed by atoms with Crippen LogP contribution >= 0.6 is 0 Å². The summed E-state index contributed by atoms with van der Waals surface area (Å²) in [5, 5.41) is 0. The molecule has 4 aliphatic rings. The van der Waals surface area contributed by atoms with E-state index in [0.717, 1.165) is 56.6 Å². The van der Waals surface area contributed by atoms with Gasteiger partial charge in [-0.15, -0.1) is 0 Å². The molecule has 0 amide bonds. The molecule has 1 spiro atoms. The summed E-state index contributed by atoms with van der Waals surface area (Å²) in [5.41, 5.74) is 4.95. The largest absolute Gasteiger partial charge is 0.492 e. The standard InChI is InChI=1S/C29H30N2O4/c1-2-6-21(7-3-1)16-30-10-11-32-22(17-30)18-31-19-29(23-8-4-5-9-25(23)31)20-35-26-15-28-27(14-24(26)29)33-12-13-34-28/h1-9,14-15,22H,10-13,16-20H2. The van der Waals surface area contributed by atoms with Gasteiger partial charge in [-0.05, 0) is 23.3 Å². The zero-order chi connectivity index (χ0) is 23.2. The molecule has 6 nitrogen and oxygen atoms in total. The highest BCUT2D eigenvalue weighted by molar-refractivity contribution is 5.70. The second-order valence-corrected chi connectivity index (χ2v) is 9.97. The normalized spacial score (nSPS) is 24.8. The molecule has 4 aliphatic heterocycles. The number of hydrogen-bond acceptors (Lipinski definition) is 6. The van der Waals surface area contributed by atoms with Crippen molar-refractivity contribution < 1.29 is 18.9 Å². The van der Waals surface area contributed by atoms with Crippen LogP contribution in [0.25, 0.3) is 0 Å². The van der Waals surface area contributed by atoms with Crippen LogP contribution in [0.2, 0.25) is 0 Å². The summed E-state index contributed by atoms with van der Waals surface area (Å²) in [6.07, 6.45) is 0.165. The predicted octanol–water partition coefficient (Wildman–Crippen LogP) is 3.86. The SMILES string of the molecule is c1ccc(CN2CCOC(CN3CC4(COc5cc6c(cc54)OCCO6)c4ccccc43)C2)cc1. The van der Waals surface area contributed by atoms with Crippen molar-refractivity contribution in [1.82, 2.24) is 4.90 Å². The second kappa shape index (κ2) is 8.47. The molecule has 180 valence electrons. The average Bonchev–Trinajstić information content (AvgIpc) is 3.41. The van der Waals surface area contributed by atoms with E-state index < -0.39 is 0 Å². The lowest BCUT2D eigenvalue weighted by atomic mass is 9.77. The Morgan fingerprint density at radius 1 is 0.800 bits per heavy atom. The van der Waals surface area contributed by atoms with Crippen molar-refractivity contribution in [3.63, 3.8) is 0 Å². The monoisotopic (exact) mass is 470 g/mol. The number of ether oxygens (including phenoxy) is 4. The predicted molar refractivity (Wildman–Crippen MR) is 134 cm³/mol. The van der Waals surface area contributed by atoms with Crippen LogP contribution in [0.3, 0.4) is 0 Å². The molecule has 4 heterocycles. The van der Waals surface area contributed by atoms with E-state index in [1.165, 1.54) is 22.4 Å². The topological polar surface area (TPSA) is 43.4 Å². The van der Waals surface area contributed by atoms with Gasteiger partial charge in [0, 0.05) is 50.0 Å². The van der Waals surface area contributed by atoms with E-state index >= 15 is 0 Å². The summed E-state index contributed by atoms with van der Waals surface area (Å²) < 4.78 is 24.3. The number of nitrogens with zero attached hydrogens (tertiary/aromatic N) is 2. The van der Waals surface area contributed by atoms with Crippen LogP contribution in [0.5, 0.6) is 17.2 Å². The first-order chi connectivity index (χ1) is 17.3. The number of fused-ring (bicyclic) bond motifs is 5. The summed E-state index contributed by atoms with van der Waals surface area (Å²) in [6.45, 7) is 7.18. The molecule has 3 aromatic rings. The zero-order valence-electron chi connectivity index (χ0n) is 19.8. The van der Waals surface area contributed by atoms with E-state index in [9.17, 15) is 0 Å². The molecule has 35 heavy (non-hydrogen) atoms. The molecule has 7 rings (SSSR count).